The lowest BCUT2D eigenvalue weighted by molar-refractivity contribution is 0.258. The summed E-state index contributed by atoms with van der Waals surface area (Å²) >= 11 is 0. The zero-order chi connectivity index (χ0) is 13.2. The summed E-state index contributed by atoms with van der Waals surface area (Å²) in [6.07, 6.45) is 0. The third-order valence-corrected chi connectivity index (χ3v) is 3.40. The van der Waals surface area contributed by atoms with Gasteiger partial charge in [0.15, 0.2) is 0 Å². The van der Waals surface area contributed by atoms with Crippen LogP contribution in [0.3, 0.4) is 0 Å². The summed E-state index contributed by atoms with van der Waals surface area (Å²) in [6, 6.07) is 6.68. The van der Waals surface area contributed by atoms with E-state index in [1.807, 2.05) is 11.0 Å². The first-order chi connectivity index (χ1) is 8.53. The van der Waals surface area contributed by atoms with E-state index < -0.39 is 0 Å². The summed E-state index contributed by atoms with van der Waals surface area (Å²) in [5.74, 6) is -0.228. The molecule has 0 bridgehead atoms. The van der Waals surface area contributed by atoms with E-state index in [0.717, 1.165) is 13.1 Å². The van der Waals surface area contributed by atoms with E-state index in [4.69, 9.17) is 0 Å². The summed E-state index contributed by atoms with van der Waals surface area (Å²) in [5.41, 5.74) is 0.625. The van der Waals surface area contributed by atoms with Crippen molar-refractivity contribution in [1.29, 1.82) is 0 Å². The number of benzene rings is 1. The highest BCUT2D eigenvalue weighted by molar-refractivity contribution is 5.49. The molecule has 1 aromatic rings. The first kappa shape index (κ1) is 13.3. The molecule has 3 nitrogen and oxygen atoms in total. The van der Waals surface area contributed by atoms with Crippen LogP contribution in [0.25, 0.3) is 0 Å². The summed E-state index contributed by atoms with van der Waals surface area (Å²) in [6.45, 7) is 6.59. The van der Waals surface area contributed by atoms with Crippen LogP contribution in [0, 0.1) is 11.2 Å². The Hall–Kier alpha value is -1.13. The summed E-state index contributed by atoms with van der Waals surface area (Å²) in [7, 11) is 0. The van der Waals surface area contributed by atoms with Crippen molar-refractivity contribution in [1.82, 2.24) is 5.32 Å². The van der Waals surface area contributed by atoms with Crippen LogP contribution in [0.15, 0.2) is 24.3 Å². The van der Waals surface area contributed by atoms with Gasteiger partial charge in [-0.3, -0.25) is 0 Å². The van der Waals surface area contributed by atoms with Crippen molar-refractivity contribution in [2.75, 3.05) is 31.1 Å². The number of nitrogens with one attached hydrogen (secondary N) is 1. The molecular weight excluding hydrogens is 231 g/mol. The molecule has 1 aliphatic heterocycles. The van der Waals surface area contributed by atoms with Crippen LogP contribution >= 0.6 is 0 Å². The minimum absolute atomic E-state index is 0.0252. The van der Waals surface area contributed by atoms with Crippen molar-refractivity contribution < 1.29 is 9.50 Å². The Bertz CT molecular complexity index is 409. The fraction of sp³-hybridized carbons (Fsp3) is 0.571. The molecule has 100 valence electrons. The van der Waals surface area contributed by atoms with Crippen LogP contribution in [-0.2, 0) is 0 Å². The number of nitrogens with zero attached hydrogens (tertiary/aromatic N) is 1. The SMILES string of the molecule is CC1(C)CNCC(CO)N(c2ccccc2F)C1. The van der Waals surface area contributed by atoms with Gasteiger partial charge in [-0.15, -0.1) is 0 Å². The van der Waals surface area contributed by atoms with E-state index in [9.17, 15) is 9.50 Å². The van der Waals surface area contributed by atoms with E-state index in [1.54, 1.807) is 12.1 Å². The highest BCUT2D eigenvalue weighted by atomic mass is 19.1. The predicted octanol–water partition coefficient (Wildman–Crippen LogP) is 1.62. The van der Waals surface area contributed by atoms with Gasteiger partial charge in [0, 0.05) is 19.6 Å². The number of anilines is 1. The maximum absolute atomic E-state index is 13.9. The van der Waals surface area contributed by atoms with Gasteiger partial charge in [-0.25, -0.2) is 4.39 Å². The summed E-state index contributed by atoms with van der Waals surface area (Å²) < 4.78 is 13.9. The molecule has 1 fully saturated rings. The first-order valence-electron chi connectivity index (χ1n) is 6.36. The van der Waals surface area contributed by atoms with Crippen LogP contribution in [0.4, 0.5) is 10.1 Å². The molecule has 1 unspecified atom stereocenters. The predicted molar refractivity (Wildman–Crippen MR) is 71.3 cm³/mol. The Morgan fingerprint density at radius 1 is 1.44 bits per heavy atom. The third-order valence-electron chi connectivity index (χ3n) is 3.40. The second-order valence-corrected chi connectivity index (χ2v) is 5.71. The zero-order valence-corrected chi connectivity index (χ0v) is 11.0. The Labute approximate surface area is 108 Å². The molecule has 0 radical (unpaired) electrons. The van der Waals surface area contributed by atoms with Gasteiger partial charge in [-0.2, -0.15) is 0 Å². The fourth-order valence-corrected chi connectivity index (χ4v) is 2.46. The van der Waals surface area contributed by atoms with Crippen molar-refractivity contribution in [2.24, 2.45) is 5.41 Å². The maximum Gasteiger partial charge on any atom is 0.146 e. The highest BCUT2D eigenvalue weighted by Gasteiger charge is 2.31. The van der Waals surface area contributed by atoms with Crippen molar-refractivity contribution in [3.8, 4) is 0 Å². The van der Waals surface area contributed by atoms with Crippen LogP contribution < -0.4 is 10.2 Å². The molecule has 18 heavy (non-hydrogen) atoms. The van der Waals surface area contributed by atoms with E-state index in [2.05, 4.69) is 19.2 Å². The maximum atomic E-state index is 13.9. The number of rotatable bonds is 2. The van der Waals surface area contributed by atoms with E-state index in [1.165, 1.54) is 6.07 Å². The van der Waals surface area contributed by atoms with Crippen molar-refractivity contribution in [3.63, 3.8) is 0 Å². The van der Waals surface area contributed by atoms with Gasteiger partial charge in [0.1, 0.15) is 5.82 Å². The number of hydrogen-bond acceptors (Lipinski definition) is 3. The van der Waals surface area contributed by atoms with Crippen LogP contribution in [0.5, 0.6) is 0 Å². The van der Waals surface area contributed by atoms with Gasteiger partial charge in [0.25, 0.3) is 0 Å². The minimum Gasteiger partial charge on any atom is -0.394 e. The first-order valence-corrected chi connectivity index (χ1v) is 6.36. The molecule has 4 heteroatoms. The molecule has 0 spiro atoms. The lowest BCUT2D eigenvalue weighted by atomic mass is 9.93. The molecule has 0 aromatic heterocycles. The highest BCUT2D eigenvalue weighted by Crippen LogP contribution is 2.27. The number of halogens is 1. The number of aliphatic hydroxyl groups excluding tert-OH is 1. The lowest BCUT2D eigenvalue weighted by Gasteiger charge is -2.35. The number of hydrogen-bond donors (Lipinski definition) is 2. The Morgan fingerprint density at radius 3 is 2.83 bits per heavy atom. The van der Waals surface area contributed by atoms with E-state index in [0.29, 0.717) is 12.2 Å². The zero-order valence-electron chi connectivity index (χ0n) is 11.0. The molecular formula is C14H21FN2O. The third kappa shape index (κ3) is 2.82. The minimum atomic E-state index is -0.228. The van der Waals surface area contributed by atoms with Crippen molar-refractivity contribution >= 4 is 5.69 Å². The van der Waals surface area contributed by atoms with E-state index >= 15 is 0 Å². The van der Waals surface area contributed by atoms with Gasteiger partial charge >= 0.3 is 0 Å². The van der Waals surface area contributed by atoms with Crippen molar-refractivity contribution in [3.05, 3.63) is 30.1 Å². The Kier molecular flexibility index (Phi) is 3.88. The molecule has 1 saturated heterocycles. The molecule has 2 rings (SSSR count). The summed E-state index contributed by atoms with van der Waals surface area (Å²) in [5, 5.41) is 12.8. The van der Waals surface area contributed by atoms with E-state index in [-0.39, 0.29) is 23.9 Å². The lowest BCUT2D eigenvalue weighted by Crippen LogP contribution is -2.44. The quantitative estimate of drug-likeness (QED) is 0.839. The van der Waals surface area contributed by atoms with Crippen LogP contribution in [-0.4, -0.2) is 37.4 Å². The molecule has 0 aliphatic carbocycles. The second-order valence-electron chi connectivity index (χ2n) is 5.71. The molecule has 0 amide bonds. The number of para-hydroxylation sites is 1. The second kappa shape index (κ2) is 5.24. The van der Waals surface area contributed by atoms with Crippen molar-refractivity contribution in [2.45, 2.75) is 19.9 Å². The van der Waals surface area contributed by atoms with Gasteiger partial charge in [0.05, 0.1) is 18.3 Å². The molecule has 1 aliphatic rings. The molecule has 1 aromatic carbocycles. The van der Waals surface area contributed by atoms with Gasteiger partial charge in [-0.05, 0) is 17.5 Å². The Balaban J connectivity index is 2.33. The van der Waals surface area contributed by atoms with Crippen LogP contribution in [0.1, 0.15) is 13.8 Å². The smallest absolute Gasteiger partial charge is 0.146 e. The topological polar surface area (TPSA) is 35.5 Å². The fourth-order valence-electron chi connectivity index (χ4n) is 2.46. The molecule has 2 N–H and O–H groups in total. The Morgan fingerprint density at radius 2 is 2.17 bits per heavy atom. The number of aliphatic hydroxyl groups is 1. The molecule has 1 atom stereocenters. The normalized spacial score (nSPS) is 23.8. The average molecular weight is 252 g/mol. The molecule has 0 saturated carbocycles. The van der Waals surface area contributed by atoms with Gasteiger partial charge < -0.3 is 15.3 Å². The standard InChI is InChI=1S/C14H21FN2O/c1-14(2)9-16-7-11(8-18)17(10-14)13-6-4-3-5-12(13)15/h3-6,11,16,18H,7-10H2,1-2H3. The summed E-state index contributed by atoms with van der Waals surface area (Å²) in [4.78, 5) is 1.98. The largest absolute Gasteiger partial charge is 0.394 e. The molecule has 1 heterocycles. The monoisotopic (exact) mass is 252 g/mol. The van der Waals surface area contributed by atoms with Gasteiger partial charge in [-0.1, -0.05) is 26.0 Å². The van der Waals surface area contributed by atoms with Gasteiger partial charge in [0.2, 0.25) is 0 Å². The average Bonchev–Trinajstić information content (AvgIpc) is 2.47. The van der Waals surface area contributed by atoms with Crippen LogP contribution in [0.2, 0.25) is 0 Å².